The minimum atomic E-state index is -0.181. The molecule has 1 unspecified atom stereocenters. The molecule has 3 heterocycles. The summed E-state index contributed by atoms with van der Waals surface area (Å²) in [5.41, 5.74) is 0.620. The van der Waals surface area contributed by atoms with Crippen LogP contribution in [0.2, 0.25) is 5.15 Å². The van der Waals surface area contributed by atoms with Crippen LogP contribution in [0.1, 0.15) is 37.0 Å². The molecule has 12 heteroatoms. The van der Waals surface area contributed by atoms with Gasteiger partial charge in [0.05, 0.1) is 25.4 Å². The first kappa shape index (κ1) is 28.9. The number of thioether (sulfide) groups is 1. The van der Waals surface area contributed by atoms with Gasteiger partial charge in [0, 0.05) is 50.4 Å². The van der Waals surface area contributed by atoms with Gasteiger partial charge >= 0.3 is 5.97 Å². The van der Waals surface area contributed by atoms with Crippen molar-refractivity contribution in [2.45, 2.75) is 37.9 Å². The van der Waals surface area contributed by atoms with Crippen LogP contribution in [0.4, 0.5) is 5.82 Å². The molecule has 1 aromatic carbocycles. The van der Waals surface area contributed by atoms with Crippen molar-refractivity contribution in [3.63, 3.8) is 0 Å². The Labute approximate surface area is 238 Å². The van der Waals surface area contributed by atoms with Crippen LogP contribution in [-0.4, -0.2) is 95.8 Å². The van der Waals surface area contributed by atoms with Gasteiger partial charge in [0.1, 0.15) is 16.7 Å². The number of aromatic nitrogens is 2. The fourth-order valence-electron chi connectivity index (χ4n) is 4.82. The molecule has 0 saturated carbocycles. The average Bonchev–Trinajstić information content (AvgIpc) is 2.95. The van der Waals surface area contributed by atoms with Crippen molar-refractivity contribution in [2.75, 3.05) is 57.1 Å². The van der Waals surface area contributed by atoms with Crippen molar-refractivity contribution in [2.24, 2.45) is 5.92 Å². The smallest absolute Gasteiger partial charge is 0.309 e. The van der Waals surface area contributed by atoms with E-state index >= 15 is 0 Å². The number of likely N-dealkylation sites (tertiary alicyclic amines) is 1. The molecule has 1 atom stereocenters. The SMILES string of the molecule is CCOC(=O)C1CCN(C(=O)CSc2nc(Cl)cc(N3CCN(C(=O)c4ccc(OC)cc4)C(C)C3)n2)CC1. The van der Waals surface area contributed by atoms with E-state index in [1.165, 1.54) is 11.8 Å². The Morgan fingerprint density at radius 2 is 1.79 bits per heavy atom. The first-order valence-electron chi connectivity index (χ1n) is 13.1. The van der Waals surface area contributed by atoms with E-state index in [4.69, 9.17) is 21.1 Å². The monoisotopic (exact) mass is 575 g/mol. The second-order valence-corrected chi connectivity index (χ2v) is 10.9. The second-order valence-electron chi connectivity index (χ2n) is 9.55. The van der Waals surface area contributed by atoms with E-state index in [-0.39, 0.29) is 35.5 Å². The number of esters is 1. The summed E-state index contributed by atoms with van der Waals surface area (Å²) in [7, 11) is 1.59. The van der Waals surface area contributed by atoms with Gasteiger partial charge in [0.25, 0.3) is 5.91 Å². The number of ether oxygens (including phenoxy) is 2. The van der Waals surface area contributed by atoms with E-state index in [0.29, 0.717) is 79.6 Å². The van der Waals surface area contributed by atoms with Crippen LogP contribution in [0.25, 0.3) is 0 Å². The van der Waals surface area contributed by atoms with Gasteiger partial charge in [-0.25, -0.2) is 9.97 Å². The van der Waals surface area contributed by atoms with Gasteiger partial charge in [-0.05, 0) is 51.0 Å². The van der Waals surface area contributed by atoms with Crippen molar-refractivity contribution in [3.05, 3.63) is 41.0 Å². The molecule has 10 nitrogen and oxygen atoms in total. The van der Waals surface area contributed by atoms with Crippen LogP contribution < -0.4 is 9.64 Å². The Balaban J connectivity index is 1.31. The zero-order valence-corrected chi connectivity index (χ0v) is 24.0. The van der Waals surface area contributed by atoms with Gasteiger partial charge in [-0.15, -0.1) is 0 Å². The molecule has 2 aromatic rings. The standard InChI is InChI=1S/C27H34ClN5O5S/c1-4-38-26(36)20-9-11-31(12-10-20)24(34)17-39-27-29-22(28)15-23(30-27)32-13-14-33(18(2)16-32)25(35)19-5-7-21(37-3)8-6-19/h5-8,15,18,20H,4,9-14,16-17H2,1-3H3. The Bertz CT molecular complexity index is 1180. The van der Waals surface area contributed by atoms with Gasteiger partial charge in [-0.1, -0.05) is 23.4 Å². The highest BCUT2D eigenvalue weighted by molar-refractivity contribution is 7.99. The summed E-state index contributed by atoms with van der Waals surface area (Å²) >= 11 is 7.57. The number of methoxy groups -OCH3 is 1. The van der Waals surface area contributed by atoms with E-state index in [9.17, 15) is 14.4 Å². The molecule has 0 aliphatic carbocycles. The molecule has 1 aromatic heterocycles. The molecular weight excluding hydrogens is 542 g/mol. The molecule has 0 radical (unpaired) electrons. The lowest BCUT2D eigenvalue weighted by atomic mass is 9.97. The van der Waals surface area contributed by atoms with Crippen molar-refractivity contribution in [1.29, 1.82) is 0 Å². The number of piperazine rings is 1. The van der Waals surface area contributed by atoms with E-state index in [0.717, 1.165) is 0 Å². The van der Waals surface area contributed by atoms with Crippen LogP contribution in [0.15, 0.2) is 35.5 Å². The number of piperidine rings is 1. The van der Waals surface area contributed by atoms with Crippen LogP contribution >= 0.6 is 23.4 Å². The number of halogens is 1. The summed E-state index contributed by atoms with van der Waals surface area (Å²) in [5.74, 6) is 1.19. The molecule has 2 saturated heterocycles. The Morgan fingerprint density at radius 1 is 1.08 bits per heavy atom. The largest absolute Gasteiger partial charge is 0.497 e. The number of rotatable bonds is 8. The second kappa shape index (κ2) is 13.3. The lowest BCUT2D eigenvalue weighted by Crippen LogP contribution is -2.54. The van der Waals surface area contributed by atoms with Crippen molar-refractivity contribution in [3.8, 4) is 5.75 Å². The molecule has 2 aliphatic heterocycles. The Kier molecular flexibility index (Phi) is 9.90. The van der Waals surface area contributed by atoms with Crippen LogP contribution in [0.3, 0.4) is 0 Å². The van der Waals surface area contributed by atoms with E-state index < -0.39 is 0 Å². The van der Waals surface area contributed by atoms with Crippen molar-refractivity contribution < 1.29 is 23.9 Å². The van der Waals surface area contributed by atoms with E-state index in [1.807, 2.05) is 11.8 Å². The number of nitrogens with zero attached hydrogens (tertiary/aromatic N) is 5. The fraction of sp³-hybridized carbons (Fsp3) is 0.519. The van der Waals surface area contributed by atoms with Crippen LogP contribution in [-0.2, 0) is 14.3 Å². The summed E-state index contributed by atoms with van der Waals surface area (Å²) in [4.78, 5) is 52.5. The first-order chi connectivity index (χ1) is 18.8. The molecule has 0 N–H and O–H groups in total. The number of carbonyl (C=O) groups excluding carboxylic acids is 3. The van der Waals surface area contributed by atoms with Gasteiger partial charge < -0.3 is 24.2 Å². The maximum absolute atomic E-state index is 13.1. The summed E-state index contributed by atoms with van der Waals surface area (Å²) < 4.78 is 10.3. The van der Waals surface area contributed by atoms with Gasteiger partial charge in [-0.3, -0.25) is 14.4 Å². The third kappa shape index (κ3) is 7.33. The minimum Gasteiger partial charge on any atom is -0.497 e. The Hall–Kier alpha value is -3.05. The molecule has 2 aliphatic rings. The van der Waals surface area contributed by atoms with E-state index in [1.54, 1.807) is 49.3 Å². The maximum atomic E-state index is 13.1. The predicted molar refractivity (Wildman–Crippen MR) is 149 cm³/mol. The number of anilines is 1. The molecule has 0 bridgehead atoms. The van der Waals surface area contributed by atoms with Crippen molar-refractivity contribution >= 4 is 47.0 Å². The fourth-order valence-corrected chi connectivity index (χ4v) is 5.80. The summed E-state index contributed by atoms with van der Waals surface area (Å²) in [6.45, 7) is 6.96. The molecular formula is C27H34ClN5O5S. The third-order valence-corrected chi connectivity index (χ3v) is 8.03. The molecule has 2 amide bonds. The van der Waals surface area contributed by atoms with Gasteiger partial charge in [-0.2, -0.15) is 0 Å². The minimum absolute atomic E-state index is 0.0216. The molecule has 0 spiro atoms. The molecule has 2 fully saturated rings. The predicted octanol–water partition coefficient (Wildman–Crippen LogP) is 3.38. The highest BCUT2D eigenvalue weighted by atomic mass is 35.5. The number of amides is 2. The number of hydrogen-bond acceptors (Lipinski definition) is 9. The average molecular weight is 576 g/mol. The Morgan fingerprint density at radius 3 is 2.44 bits per heavy atom. The zero-order chi connectivity index (χ0) is 27.9. The van der Waals surface area contributed by atoms with Gasteiger partial charge in [0.2, 0.25) is 5.91 Å². The highest BCUT2D eigenvalue weighted by Crippen LogP contribution is 2.26. The number of hydrogen-bond donors (Lipinski definition) is 0. The third-order valence-electron chi connectivity index (χ3n) is 7.00. The topological polar surface area (TPSA) is 105 Å². The van der Waals surface area contributed by atoms with E-state index in [2.05, 4.69) is 14.9 Å². The van der Waals surface area contributed by atoms with Crippen LogP contribution in [0, 0.1) is 5.92 Å². The summed E-state index contributed by atoms with van der Waals surface area (Å²) in [6.07, 6.45) is 1.22. The normalized spacial score (nSPS) is 18.2. The lowest BCUT2D eigenvalue weighted by molar-refractivity contribution is -0.151. The summed E-state index contributed by atoms with van der Waals surface area (Å²) in [6, 6.07) is 8.79. The summed E-state index contributed by atoms with van der Waals surface area (Å²) in [5, 5.41) is 0.728. The molecule has 4 rings (SSSR count). The molecule has 39 heavy (non-hydrogen) atoms. The van der Waals surface area contributed by atoms with Crippen LogP contribution in [0.5, 0.6) is 5.75 Å². The number of benzene rings is 1. The van der Waals surface area contributed by atoms with Gasteiger partial charge in [0.15, 0.2) is 5.16 Å². The highest BCUT2D eigenvalue weighted by Gasteiger charge is 2.30. The molecule has 210 valence electrons. The maximum Gasteiger partial charge on any atom is 0.309 e. The first-order valence-corrected chi connectivity index (χ1v) is 14.5. The zero-order valence-electron chi connectivity index (χ0n) is 22.5. The lowest BCUT2D eigenvalue weighted by Gasteiger charge is -2.40. The quantitative estimate of drug-likeness (QED) is 0.203. The van der Waals surface area contributed by atoms with Crippen molar-refractivity contribution in [1.82, 2.24) is 19.8 Å². The number of carbonyl (C=O) groups is 3.